The molecule has 0 spiro atoms. The molecule has 0 bridgehead atoms. The van der Waals surface area contributed by atoms with Gasteiger partial charge in [0.2, 0.25) is 0 Å². The molecule has 120 valence electrons. The number of ether oxygens (including phenoxy) is 1. The van der Waals surface area contributed by atoms with E-state index in [0.29, 0.717) is 6.61 Å². The number of hydrogen-bond donors (Lipinski definition) is 1. The molecule has 0 amide bonds. The van der Waals surface area contributed by atoms with E-state index >= 15 is 0 Å². The van der Waals surface area contributed by atoms with Crippen molar-refractivity contribution in [3.8, 4) is 0 Å². The molecular weight excluding hydrogens is 262 g/mol. The molecule has 0 aliphatic rings. The van der Waals surface area contributed by atoms with Gasteiger partial charge in [-0.05, 0) is 44.9 Å². The summed E-state index contributed by atoms with van der Waals surface area (Å²) in [6.45, 7) is 11.2. The number of rotatable bonds is 8. The van der Waals surface area contributed by atoms with Crippen molar-refractivity contribution in [3.05, 3.63) is 23.4 Å². The Morgan fingerprint density at radius 1 is 1.29 bits per heavy atom. The van der Waals surface area contributed by atoms with Gasteiger partial charge in [-0.15, -0.1) is 0 Å². The molecule has 0 atom stereocenters. The minimum atomic E-state index is 0.121. The highest BCUT2D eigenvalue weighted by molar-refractivity contribution is 5.42. The Morgan fingerprint density at radius 2 is 2.00 bits per heavy atom. The molecule has 0 radical (unpaired) electrons. The van der Waals surface area contributed by atoms with Crippen molar-refractivity contribution in [2.24, 2.45) is 0 Å². The number of hydrogen-bond acceptors (Lipinski definition) is 4. The van der Waals surface area contributed by atoms with Crippen molar-refractivity contribution in [1.82, 2.24) is 10.3 Å². The molecule has 4 heteroatoms. The third kappa shape index (κ3) is 6.91. The Kier molecular flexibility index (Phi) is 7.12. The average Bonchev–Trinajstić information content (AvgIpc) is 2.42. The van der Waals surface area contributed by atoms with E-state index in [4.69, 9.17) is 9.72 Å². The van der Waals surface area contributed by atoms with Gasteiger partial charge in [-0.25, -0.2) is 4.98 Å². The van der Waals surface area contributed by atoms with Gasteiger partial charge in [0.15, 0.2) is 0 Å². The van der Waals surface area contributed by atoms with Gasteiger partial charge in [-0.1, -0.05) is 13.3 Å². The standard InChI is InChI=1S/C17H31N3O/c1-7-8-15-11-14(13-18-17(2,3)4)12-16(19-15)20(5)9-10-21-6/h11-12,18H,7-10,13H2,1-6H3. The summed E-state index contributed by atoms with van der Waals surface area (Å²) in [5, 5.41) is 3.55. The van der Waals surface area contributed by atoms with Crippen molar-refractivity contribution in [1.29, 1.82) is 0 Å². The first-order valence-electron chi connectivity index (χ1n) is 7.80. The molecule has 0 aliphatic heterocycles. The highest BCUT2D eigenvalue weighted by Gasteiger charge is 2.11. The first-order chi connectivity index (χ1) is 9.85. The highest BCUT2D eigenvalue weighted by Crippen LogP contribution is 2.16. The molecule has 0 unspecified atom stereocenters. The summed E-state index contributed by atoms with van der Waals surface area (Å²) in [6.07, 6.45) is 2.14. The van der Waals surface area contributed by atoms with E-state index in [1.807, 2.05) is 0 Å². The third-order valence-electron chi connectivity index (χ3n) is 3.28. The zero-order valence-corrected chi connectivity index (χ0v) is 14.5. The fourth-order valence-corrected chi connectivity index (χ4v) is 2.02. The summed E-state index contributed by atoms with van der Waals surface area (Å²) in [7, 11) is 3.80. The summed E-state index contributed by atoms with van der Waals surface area (Å²) in [5.74, 6) is 1.03. The maximum absolute atomic E-state index is 5.15. The molecule has 0 fully saturated rings. The topological polar surface area (TPSA) is 37.4 Å². The van der Waals surface area contributed by atoms with Crippen LogP contribution in [-0.4, -0.2) is 37.8 Å². The Balaban J connectivity index is 2.88. The molecule has 21 heavy (non-hydrogen) atoms. The van der Waals surface area contributed by atoms with Gasteiger partial charge < -0.3 is 15.0 Å². The Bertz CT molecular complexity index is 427. The summed E-state index contributed by atoms with van der Waals surface area (Å²) < 4.78 is 5.15. The van der Waals surface area contributed by atoms with E-state index in [1.54, 1.807) is 7.11 Å². The number of aryl methyl sites for hydroxylation is 1. The van der Waals surface area contributed by atoms with E-state index in [0.717, 1.165) is 31.7 Å². The van der Waals surface area contributed by atoms with Gasteiger partial charge in [0.25, 0.3) is 0 Å². The molecule has 1 aromatic heterocycles. The van der Waals surface area contributed by atoms with Gasteiger partial charge in [-0.3, -0.25) is 0 Å². The van der Waals surface area contributed by atoms with Gasteiger partial charge in [0.1, 0.15) is 5.82 Å². The van der Waals surface area contributed by atoms with Gasteiger partial charge in [-0.2, -0.15) is 0 Å². The molecule has 1 aromatic rings. The van der Waals surface area contributed by atoms with E-state index < -0.39 is 0 Å². The molecule has 1 N–H and O–H groups in total. The van der Waals surface area contributed by atoms with Gasteiger partial charge in [0.05, 0.1) is 6.61 Å². The van der Waals surface area contributed by atoms with Crippen LogP contribution >= 0.6 is 0 Å². The normalized spacial score (nSPS) is 11.7. The second-order valence-electron chi connectivity index (χ2n) is 6.59. The molecule has 0 saturated heterocycles. The summed E-state index contributed by atoms with van der Waals surface area (Å²) in [5.41, 5.74) is 2.59. The van der Waals surface area contributed by atoms with Crippen LogP contribution in [0.3, 0.4) is 0 Å². The van der Waals surface area contributed by atoms with Crippen LogP contribution in [0, 0.1) is 0 Å². The van der Waals surface area contributed by atoms with Crippen LogP contribution in [0.4, 0.5) is 5.82 Å². The number of likely N-dealkylation sites (N-methyl/N-ethyl adjacent to an activating group) is 1. The second-order valence-corrected chi connectivity index (χ2v) is 6.59. The zero-order valence-electron chi connectivity index (χ0n) is 14.5. The fourth-order valence-electron chi connectivity index (χ4n) is 2.02. The van der Waals surface area contributed by atoms with Crippen LogP contribution in [0.15, 0.2) is 12.1 Å². The SMILES string of the molecule is CCCc1cc(CNC(C)(C)C)cc(N(C)CCOC)n1. The van der Waals surface area contributed by atoms with Gasteiger partial charge in [0, 0.05) is 38.5 Å². The number of aromatic nitrogens is 1. The minimum absolute atomic E-state index is 0.121. The van der Waals surface area contributed by atoms with E-state index in [1.165, 1.54) is 11.3 Å². The maximum Gasteiger partial charge on any atom is 0.128 e. The Morgan fingerprint density at radius 3 is 2.57 bits per heavy atom. The molecule has 1 rings (SSSR count). The van der Waals surface area contributed by atoms with Crippen molar-refractivity contribution < 1.29 is 4.74 Å². The first-order valence-corrected chi connectivity index (χ1v) is 7.80. The Labute approximate surface area is 129 Å². The smallest absolute Gasteiger partial charge is 0.128 e. The molecule has 1 heterocycles. The lowest BCUT2D eigenvalue weighted by Crippen LogP contribution is -2.35. The van der Waals surface area contributed by atoms with Crippen LogP contribution in [0.1, 0.15) is 45.4 Å². The lowest BCUT2D eigenvalue weighted by molar-refractivity contribution is 0.206. The summed E-state index contributed by atoms with van der Waals surface area (Å²) in [6, 6.07) is 4.39. The number of anilines is 1. The van der Waals surface area contributed by atoms with Crippen molar-refractivity contribution in [3.63, 3.8) is 0 Å². The maximum atomic E-state index is 5.15. The quantitative estimate of drug-likeness (QED) is 0.799. The van der Waals surface area contributed by atoms with Crippen molar-refractivity contribution in [2.75, 3.05) is 32.2 Å². The zero-order chi connectivity index (χ0) is 15.9. The monoisotopic (exact) mass is 293 g/mol. The number of nitrogens with zero attached hydrogens (tertiary/aromatic N) is 2. The first kappa shape index (κ1) is 17.9. The van der Waals surface area contributed by atoms with Crippen molar-refractivity contribution >= 4 is 5.82 Å². The number of methoxy groups -OCH3 is 1. The number of pyridine rings is 1. The molecule has 4 nitrogen and oxygen atoms in total. The van der Waals surface area contributed by atoms with Crippen LogP contribution in [0.5, 0.6) is 0 Å². The molecular formula is C17H31N3O. The van der Waals surface area contributed by atoms with Crippen LogP contribution in [0.2, 0.25) is 0 Å². The van der Waals surface area contributed by atoms with Crippen LogP contribution < -0.4 is 10.2 Å². The molecule has 0 aromatic carbocycles. The van der Waals surface area contributed by atoms with E-state index in [-0.39, 0.29) is 5.54 Å². The summed E-state index contributed by atoms with van der Waals surface area (Å²) >= 11 is 0. The molecule has 0 saturated carbocycles. The lowest BCUT2D eigenvalue weighted by atomic mass is 10.1. The second kappa shape index (κ2) is 8.35. The Hall–Kier alpha value is -1.13. The predicted molar refractivity (Wildman–Crippen MR) is 90.0 cm³/mol. The third-order valence-corrected chi connectivity index (χ3v) is 3.28. The molecule has 0 aliphatic carbocycles. The highest BCUT2D eigenvalue weighted by atomic mass is 16.5. The summed E-state index contributed by atoms with van der Waals surface area (Å²) in [4.78, 5) is 6.92. The number of nitrogens with one attached hydrogen (secondary N) is 1. The minimum Gasteiger partial charge on any atom is -0.383 e. The van der Waals surface area contributed by atoms with E-state index in [2.05, 4.69) is 57.1 Å². The van der Waals surface area contributed by atoms with Gasteiger partial charge >= 0.3 is 0 Å². The lowest BCUT2D eigenvalue weighted by Gasteiger charge is -2.23. The van der Waals surface area contributed by atoms with Crippen LogP contribution in [-0.2, 0) is 17.7 Å². The van der Waals surface area contributed by atoms with Crippen LogP contribution in [0.25, 0.3) is 0 Å². The average molecular weight is 293 g/mol. The van der Waals surface area contributed by atoms with E-state index in [9.17, 15) is 0 Å². The fraction of sp³-hybridized carbons (Fsp3) is 0.706. The predicted octanol–water partition coefficient (Wildman–Crippen LogP) is 3.00. The largest absolute Gasteiger partial charge is 0.383 e. The van der Waals surface area contributed by atoms with Crippen molar-refractivity contribution in [2.45, 2.75) is 52.6 Å².